The molecular formula is C22H20N2O4S. The number of carbonyl (C=O) groups is 3. The van der Waals surface area contributed by atoms with Crippen LogP contribution in [0.3, 0.4) is 0 Å². The molecule has 0 saturated carbocycles. The van der Waals surface area contributed by atoms with Gasteiger partial charge in [0.2, 0.25) is 0 Å². The van der Waals surface area contributed by atoms with Crippen LogP contribution in [-0.4, -0.2) is 36.8 Å². The molecule has 3 rings (SSSR count). The first-order valence-electron chi connectivity index (χ1n) is 8.85. The Morgan fingerprint density at radius 3 is 2.21 bits per heavy atom. The van der Waals surface area contributed by atoms with Crippen molar-refractivity contribution >= 4 is 34.8 Å². The third-order valence-corrected chi connectivity index (χ3v) is 5.14. The quantitative estimate of drug-likeness (QED) is 0.624. The number of hydrogen-bond acceptors (Lipinski definition) is 5. The number of hydrogen-bond donors (Lipinski definition) is 1. The van der Waals surface area contributed by atoms with Crippen LogP contribution in [0.5, 0.6) is 0 Å². The molecule has 0 saturated heterocycles. The fourth-order valence-electron chi connectivity index (χ4n) is 2.73. The van der Waals surface area contributed by atoms with Gasteiger partial charge in [0.05, 0.1) is 17.6 Å². The van der Waals surface area contributed by atoms with Gasteiger partial charge in [-0.15, -0.1) is 11.3 Å². The SMILES string of the molecule is COC(=O)c1ccc(CN(C)C(=O)c2ccc(NC(=O)c3cccs3)cc2)cc1. The summed E-state index contributed by atoms with van der Waals surface area (Å²) in [5, 5.41) is 4.65. The summed E-state index contributed by atoms with van der Waals surface area (Å²) in [5.41, 5.74) is 2.51. The van der Waals surface area contributed by atoms with E-state index in [1.165, 1.54) is 18.4 Å². The van der Waals surface area contributed by atoms with E-state index in [9.17, 15) is 14.4 Å². The molecule has 29 heavy (non-hydrogen) atoms. The molecule has 0 bridgehead atoms. The van der Waals surface area contributed by atoms with Crippen LogP contribution in [0.4, 0.5) is 5.69 Å². The van der Waals surface area contributed by atoms with Crippen LogP contribution in [0.2, 0.25) is 0 Å². The molecule has 3 aromatic rings. The largest absolute Gasteiger partial charge is 0.465 e. The van der Waals surface area contributed by atoms with Crippen LogP contribution in [-0.2, 0) is 11.3 Å². The van der Waals surface area contributed by atoms with Crippen molar-refractivity contribution in [2.45, 2.75) is 6.54 Å². The second kappa shape index (κ2) is 9.16. The van der Waals surface area contributed by atoms with Crippen molar-refractivity contribution in [3.05, 3.63) is 87.6 Å². The number of nitrogens with zero attached hydrogens (tertiary/aromatic N) is 1. The zero-order chi connectivity index (χ0) is 20.8. The van der Waals surface area contributed by atoms with E-state index >= 15 is 0 Å². The lowest BCUT2D eigenvalue weighted by atomic mass is 10.1. The summed E-state index contributed by atoms with van der Waals surface area (Å²) in [6.45, 7) is 0.400. The Kier molecular flexibility index (Phi) is 6.41. The Hall–Kier alpha value is -3.45. The van der Waals surface area contributed by atoms with E-state index in [4.69, 9.17) is 0 Å². The number of esters is 1. The average Bonchev–Trinajstić information content (AvgIpc) is 3.29. The Morgan fingerprint density at radius 2 is 1.62 bits per heavy atom. The number of benzene rings is 2. The zero-order valence-electron chi connectivity index (χ0n) is 16.0. The minimum atomic E-state index is -0.396. The van der Waals surface area contributed by atoms with Crippen molar-refractivity contribution < 1.29 is 19.1 Å². The Bertz CT molecular complexity index is 996. The molecule has 0 aliphatic rings. The number of anilines is 1. The fourth-order valence-corrected chi connectivity index (χ4v) is 3.35. The molecule has 0 unspecified atom stereocenters. The molecule has 0 aliphatic carbocycles. The fraction of sp³-hybridized carbons (Fsp3) is 0.136. The van der Waals surface area contributed by atoms with Crippen LogP contribution < -0.4 is 5.32 Å². The highest BCUT2D eigenvalue weighted by Crippen LogP contribution is 2.16. The highest BCUT2D eigenvalue weighted by molar-refractivity contribution is 7.12. The summed E-state index contributed by atoms with van der Waals surface area (Å²) in [4.78, 5) is 38.4. The summed E-state index contributed by atoms with van der Waals surface area (Å²) < 4.78 is 4.68. The summed E-state index contributed by atoms with van der Waals surface area (Å²) in [6.07, 6.45) is 0. The Balaban J connectivity index is 1.60. The van der Waals surface area contributed by atoms with Crippen LogP contribution >= 0.6 is 11.3 Å². The lowest BCUT2D eigenvalue weighted by Crippen LogP contribution is -2.26. The highest BCUT2D eigenvalue weighted by Gasteiger charge is 2.13. The van der Waals surface area contributed by atoms with Crippen LogP contribution in [0.15, 0.2) is 66.0 Å². The molecule has 148 valence electrons. The van der Waals surface area contributed by atoms with E-state index < -0.39 is 5.97 Å². The number of methoxy groups -OCH3 is 1. The number of amides is 2. The summed E-state index contributed by atoms with van der Waals surface area (Å²) in [6, 6.07) is 17.3. The number of ether oxygens (including phenoxy) is 1. The van der Waals surface area contributed by atoms with E-state index in [2.05, 4.69) is 10.1 Å². The lowest BCUT2D eigenvalue weighted by molar-refractivity contribution is 0.0600. The maximum Gasteiger partial charge on any atom is 0.337 e. The van der Waals surface area contributed by atoms with E-state index in [1.54, 1.807) is 66.5 Å². The second-order valence-corrected chi connectivity index (χ2v) is 7.31. The molecular weight excluding hydrogens is 388 g/mol. The Labute approximate surface area is 172 Å². The van der Waals surface area contributed by atoms with Crippen molar-refractivity contribution in [1.82, 2.24) is 4.90 Å². The first kappa shape index (κ1) is 20.3. The molecule has 0 aliphatic heterocycles. The van der Waals surface area contributed by atoms with Crippen LogP contribution in [0.25, 0.3) is 0 Å². The number of nitrogens with one attached hydrogen (secondary N) is 1. The second-order valence-electron chi connectivity index (χ2n) is 6.36. The molecule has 1 heterocycles. The van der Waals surface area contributed by atoms with Gasteiger partial charge in [0, 0.05) is 24.8 Å². The maximum absolute atomic E-state index is 12.7. The average molecular weight is 408 g/mol. The van der Waals surface area contributed by atoms with E-state index in [0.717, 1.165) is 5.56 Å². The first-order valence-corrected chi connectivity index (χ1v) is 9.73. The van der Waals surface area contributed by atoms with Gasteiger partial charge in [-0.3, -0.25) is 9.59 Å². The topological polar surface area (TPSA) is 75.7 Å². The van der Waals surface area contributed by atoms with Crippen LogP contribution in [0, 0.1) is 0 Å². The van der Waals surface area contributed by atoms with Crippen molar-refractivity contribution in [1.29, 1.82) is 0 Å². The maximum atomic E-state index is 12.7. The zero-order valence-corrected chi connectivity index (χ0v) is 16.9. The number of thiophene rings is 1. The van der Waals surface area contributed by atoms with Crippen molar-refractivity contribution in [2.24, 2.45) is 0 Å². The van der Waals surface area contributed by atoms with Gasteiger partial charge in [-0.25, -0.2) is 4.79 Å². The smallest absolute Gasteiger partial charge is 0.337 e. The molecule has 0 atom stereocenters. The monoisotopic (exact) mass is 408 g/mol. The van der Waals surface area contributed by atoms with E-state index in [0.29, 0.717) is 28.2 Å². The minimum absolute atomic E-state index is 0.141. The predicted octanol–water partition coefficient (Wildman–Crippen LogP) is 4.06. The molecule has 0 radical (unpaired) electrons. The summed E-state index contributed by atoms with van der Waals surface area (Å²) in [5.74, 6) is -0.711. The molecule has 7 heteroatoms. The molecule has 2 amide bonds. The van der Waals surface area contributed by atoms with Gasteiger partial charge < -0.3 is 15.0 Å². The van der Waals surface area contributed by atoms with Gasteiger partial charge in [0.15, 0.2) is 0 Å². The van der Waals surface area contributed by atoms with Crippen molar-refractivity contribution in [3.8, 4) is 0 Å². The Morgan fingerprint density at radius 1 is 0.966 bits per heavy atom. The molecule has 0 spiro atoms. The van der Waals surface area contributed by atoms with Gasteiger partial charge in [-0.2, -0.15) is 0 Å². The molecule has 1 N–H and O–H groups in total. The summed E-state index contributed by atoms with van der Waals surface area (Å²) >= 11 is 1.37. The molecule has 0 fully saturated rings. The normalized spacial score (nSPS) is 10.3. The standard InChI is InChI=1S/C22H20N2O4S/c1-24(14-15-5-7-17(8-6-15)22(27)28-2)21(26)16-9-11-18(12-10-16)23-20(25)19-4-3-13-29-19/h3-13H,14H2,1-2H3,(H,23,25). The van der Waals surface area contributed by atoms with Gasteiger partial charge in [0.25, 0.3) is 11.8 Å². The summed E-state index contributed by atoms with van der Waals surface area (Å²) in [7, 11) is 3.05. The van der Waals surface area contributed by atoms with Gasteiger partial charge in [0.1, 0.15) is 0 Å². The molecule has 6 nitrogen and oxygen atoms in total. The van der Waals surface area contributed by atoms with Gasteiger partial charge in [-0.1, -0.05) is 18.2 Å². The first-order chi connectivity index (χ1) is 14.0. The predicted molar refractivity (Wildman–Crippen MR) is 112 cm³/mol. The van der Waals surface area contributed by atoms with Crippen molar-refractivity contribution in [2.75, 3.05) is 19.5 Å². The molecule has 1 aromatic heterocycles. The number of rotatable bonds is 6. The minimum Gasteiger partial charge on any atom is -0.465 e. The van der Waals surface area contributed by atoms with Gasteiger partial charge >= 0.3 is 5.97 Å². The lowest BCUT2D eigenvalue weighted by Gasteiger charge is -2.18. The molecule has 2 aromatic carbocycles. The van der Waals surface area contributed by atoms with Crippen LogP contribution in [0.1, 0.15) is 36.0 Å². The third kappa shape index (κ3) is 5.08. The highest BCUT2D eigenvalue weighted by atomic mass is 32.1. The van der Waals surface area contributed by atoms with Gasteiger partial charge in [-0.05, 0) is 53.4 Å². The number of carbonyl (C=O) groups excluding carboxylic acids is 3. The third-order valence-electron chi connectivity index (χ3n) is 4.28. The van der Waals surface area contributed by atoms with Crippen molar-refractivity contribution in [3.63, 3.8) is 0 Å². The van der Waals surface area contributed by atoms with E-state index in [1.807, 2.05) is 11.4 Å². The van der Waals surface area contributed by atoms with E-state index in [-0.39, 0.29) is 11.8 Å².